The van der Waals surface area contributed by atoms with Gasteiger partial charge in [-0.15, -0.1) is 0 Å². The Hall–Kier alpha value is 0.350. The molecule has 0 aromatic rings. The summed E-state index contributed by atoms with van der Waals surface area (Å²) in [7, 11) is 0.282. The number of hydrogen-bond acceptors (Lipinski definition) is 2. The van der Waals surface area contributed by atoms with E-state index < -0.39 is 0 Å². The molecule has 0 N–H and O–H groups in total. The van der Waals surface area contributed by atoms with Crippen LogP contribution in [-0.2, 0) is 9.05 Å². The topological polar surface area (TPSA) is 18.5 Å². The minimum Gasteiger partial charge on any atom is -0.336 e. The van der Waals surface area contributed by atoms with Gasteiger partial charge in [0.2, 0.25) is 0 Å². The van der Waals surface area contributed by atoms with Crippen molar-refractivity contribution in [3.63, 3.8) is 0 Å². The summed E-state index contributed by atoms with van der Waals surface area (Å²) in [5, 5.41) is 0. The zero-order valence-corrected chi connectivity index (χ0v) is 5.31. The fraction of sp³-hybridized carbons (Fsp3) is 1.00. The Kier molecular flexibility index (Phi) is 2.04. The van der Waals surface area contributed by atoms with Crippen molar-refractivity contribution >= 4 is 9.03 Å². The third-order valence-electron chi connectivity index (χ3n) is 0.935. The van der Waals surface area contributed by atoms with Gasteiger partial charge in [-0.2, -0.15) is 0 Å². The second-order valence-corrected chi connectivity index (χ2v) is 2.34. The van der Waals surface area contributed by atoms with Crippen molar-refractivity contribution in [2.75, 3.05) is 6.61 Å². The highest BCUT2D eigenvalue weighted by molar-refractivity contribution is 7.26. The highest BCUT2D eigenvalue weighted by Gasteiger charge is 2.06. The summed E-state index contributed by atoms with van der Waals surface area (Å²) in [5.74, 6) is 0. The Balaban J connectivity index is 2.12. The maximum absolute atomic E-state index is 5.08. The molecule has 1 aliphatic heterocycles. The zero-order valence-electron chi connectivity index (χ0n) is 4.31. The zero-order chi connectivity index (χ0) is 5.11. The molecule has 7 heavy (non-hydrogen) atoms. The van der Waals surface area contributed by atoms with E-state index in [1.165, 1.54) is 0 Å². The summed E-state index contributed by atoms with van der Waals surface area (Å²) in [6.07, 6.45) is 1.47. The predicted molar refractivity (Wildman–Crippen MR) is 29.4 cm³/mol. The lowest BCUT2D eigenvalue weighted by atomic mass is 10.3. The SMILES string of the molecule is C[C@@H]1CCOPO1. The number of rotatable bonds is 0. The fourth-order valence-electron chi connectivity index (χ4n) is 0.442. The van der Waals surface area contributed by atoms with E-state index >= 15 is 0 Å². The van der Waals surface area contributed by atoms with Crippen LogP contribution in [0.25, 0.3) is 0 Å². The minimum atomic E-state index is 0.282. The van der Waals surface area contributed by atoms with Gasteiger partial charge in [-0.05, 0) is 13.3 Å². The average molecular weight is 120 g/mol. The van der Waals surface area contributed by atoms with Crippen molar-refractivity contribution in [3.05, 3.63) is 0 Å². The second-order valence-electron chi connectivity index (χ2n) is 1.65. The number of hydrogen-bond donors (Lipinski definition) is 0. The van der Waals surface area contributed by atoms with Crippen LogP contribution in [0.4, 0.5) is 0 Å². The van der Waals surface area contributed by atoms with Crippen LogP contribution in [-0.4, -0.2) is 12.7 Å². The summed E-state index contributed by atoms with van der Waals surface area (Å²) < 4.78 is 10.0. The van der Waals surface area contributed by atoms with Crippen LogP contribution in [0.1, 0.15) is 13.3 Å². The molecule has 2 nitrogen and oxygen atoms in total. The van der Waals surface area contributed by atoms with Gasteiger partial charge in [0, 0.05) is 0 Å². The van der Waals surface area contributed by atoms with Crippen molar-refractivity contribution in [3.8, 4) is 0 Å². The molecular formula is C4H9O2P. The van der Waals surface area contributed by atoms with E-state index in [9.17, 15) is 0 Å². The fourth-order valence-corrected chi connectivity index (χ4v) is 0.993. The van der Waals surface area contributed by atoms with Gasteiger partial charge in [-0.3, -0.25) is 0 Å². The molecule has 0 aromatic heterocycles. The van der Waals surface area contributed by atoms with Crippen LogP contribution in [0.15, 0.2) is 0 Å². The smallest absolute Gasteiger partial charge is 0.155 e. The lowest BCUT2D eigenvalue weighted by molar-refractivity contribution is 0.133. The molecule has 0 aromatic carbocycles. The van der Waals surface area contributed by atoms with Crippen LogP contribution in [0.2, 0.25) is 0 Å². The van der Waals surface area contributed by atoms with Gasteiger partial charge in [0.1, 0.15) is 0 Å². The third kappa shape index (κ3) is 1.72. The average Bonchev–Trinajstić information content (AvgIpc) is 1.69. The van der Waals surface area contributed by atoms with E-state index in [2.05, 4.69) is 6.92 Å². The molecule has 0 bridgehead atoms. The van der Waals surface area contributed by atoms with Crippen LogP contribution < -0.4 is 0 Å². The first-order valence-electron chi connectivity index (χ1n) is 2.42. The van der Waals surface area contributed by atoms with Crippen molar-refractivity contribution in [1.29, 1.82) is 0 Å². The molecule has 1 saturated heterocycles. The summed E-state index contributed by atoms with van der Waals surface area (Å²) in [6.45, 7) is 2.94. The highest BCUT2D eigenvalue weighted by atomic mass is 31.1. The Morgan fingerprint density at radius 3 is 2.86 bits per heavy atom. The Bertz CT molecular complexity index is 51.7. The maximum Gasteiger partial charge on any atom is 0.155 e. The van der Waals surface area contributed by atoms with E-state index in [0.717, 1.165) is 13.0 Å². The first kappa shape index (κ1) is 5.49. The summed E-state index contributed by atoms with van der Waals surface area (Å²) in [6, 6.07) is 0. The van der Waals surface area contributed by atoms with Gasteiger partial charge >= 0.3 is 0 Å². The van der Waals surface area contributed by atoms with Gasteiger partial charge in [-0.1, -0.05) is 0 Å². The minimum absolute atomic E-state index is 0.282. The molecule has 0 amide bonds. The quantitative estimate of drug-likeness (QED) is 0.449. The van der Waals surface area contributed by atoms with Crippen molar-refractivity contribution in [2.45, 2.75) is 19.4 Å². The van der Waals surface area contributed by atoms with Gasteiger partial charge < -0.3 is 9.05 Å². The van der Waals surface area contributed by atoms with E-state index in [1.807, 2.05) is 0 Å². The molecule has 1 heterocycles. The lowest BCUT2D eigenvalue weighted by Crippen LogP contribution is -2.10. The van der Waals surface area contributed by atoms with E-state index in [4.69, 9.17) is 9.05 Å². The van der Waals surface area contributed by atoms with Crippen molar-refractivity contribution < 1.29 is 9.05 Å². The third-order valence-corrected chi connectivity index (χ3v) is 1.76. The first-order chi connectivity index (χ1) is 3.39. The van der Waals surface area contributed by atoms with Crippen LogP contribution in [0, 0.1) is 0 Å². The van der Waals surface area contributed by atoms with Gasteiger partial charge in [0.15, 0.2) is 9.03 Å². The van der Waals surface area contributed by atoms with Gasteiger partial charge in [0.25, 0.3) is 0 Å². The van der Waals surface area contributed by atoms with E-state index in [0.29, 0.717) is 6.10 Å². The maximum atomic E-state index is 5.08. The Labute approximate surface area is 45.1 Å². The van der Waals surface area contributed by atoms with Crippen LogP contribution >= 0.6 is 9.03 Å². The molecule has 1 fully saturated rings. The van der Waals surface area contributed by atoms with Crippen molar-refractivity contribution in [1.82, 2.24) is 0 Å². The highest BCUT2D eigenvalue weighted by Crippen LogP contribution is 2.23. The van der Waals surface area contributed by atoms with Crippen molar-refractivity contribution in [2.24, 2.45) is 0 Å². The molecule has 1 unspecified atom stereocenters. The van der Waals surface area contributed by atoms with Crippen LogP contribution in [0.3, 0.4) is 0 Å². The molecule has 0 saturated carbocycles. The summed E-state index contributed by atoms with van der Waals surface area (Å²) >= 11 is 0. The molecule has 42 valence electrons. The summed E-state index contributed by atoms with van der Waals surface area (Å²) in [5.41, 5.74) is 0. The molecule has 3 heteroatoms. The monoisotopic (exact) mass is 120 g/mol. The van der Waals surface area contributed by atoms with E-state index in [-0.39, 0.29) is 9.03 Å². The predicted octanol–water partition coefficient (Wildman–Crippen LogP) is 1.32. The van der Waals surface area contributed by atoms with Gasteiger partial charge in [-0.25, -0.2) is 0 Å². The van der Waals surface area contributed by atoms with Gasteiger partial charge in [0.05, 0.1) is 12.7 Å². The first-order valence-corrected chi connectivity index (χ1v) is 3.23. The summed E-state index contributed by atoms with van der Waals surface area (Å²) in [4.78, 5) is 0. The molecule has 2 atom stereocenters. The standard InChI is InChI=1S/C4H9O2P/c1-4-2-3-5-7-6-4/h4,7H,2-3H2,1H3/t4-/m1/s1. The van der Waals surface area contributed by atoms with Crippen LogP contribution in [0.5, 0.6) is 0 Å². The Morgan fingerprint density at radius 2 is 2.57 bits per heavy atom. The molecule has 0 radical (unpaired) electrons. The second kappa shape index (κ2) is 2.61. The molecule has 1 aliphatic rings. The van der Waals surface area contributed by atoms with E-state index in [1.54, 1.807) is 0 Å². The molecule has 1 rings (SSSR count). The normalized spacial score (nSPS) is 36.4. The lowest BCUT2D eigenvalue weighted by Gasteiger charge is -2.17. The molecule has 0 spiro atoms. The Morgan fingerprint density at radius 1 is 1.71 bits per heavy atom. The largest absolute Gasteiger partial charge is 0.336 e. The molecule has 0 aliphatic carbocycles. The molecular weight excluding hydrogens is 111 g/mol.